The number of rotatable bonds is 2. The molecule has 0 bridgehead atoms. The minimum absolute atomic E-state index is 0.0714. The molecular formula is C21H15N3O3S. The van der Waals surface area contributed by atoms with Crippen LogP contribution in [0.2, 0.25) is 0 Å². The van der Waals surface area contributed by atoms with Gasteiger partial charge in [-0.25, -0.2) is 0 Å². The van der Waals surface area contributed by atoms with E-state index in [2.05, 4.69) is 10.2 Å². The van der Waals surface area contributed by atoms with Crippen LogP contribution in [0.4, 0.5) is 5.13 Å². The van der Waals surface area contributed by atoms with Gasteiger partial charge in [-0.1, -0.05) is 52.8 Å². The number of aryl methyl sites for hydroxylation is 2. The van der Waals surface area contributed by atoms with Gasteiger partial charge in [0.25, 0.3) is 5.91 Å². The van der Waals surface area contributed by atoms with Crippen molar-refractivity contribution in [1.82, 2.24) is 10.2 Å². The first-order chi connectivity index (χ1) is 13.5. The van der Waals surface area contributed by atoms with Crippen LogP contribution in [0, 0.1) is 13.8 Å². The molecule has 1 aliphatic heterocycles. The molecule has 2 aromatic heterocycles. The van der Waals surface area contributed by atoms with Gasteiger partial charge in [-0.15, -0.1) is 10.2 Å². The molecule has 1 atom stereocenters. The molecule has 0 saturated heterocycles. The maximum absolute atomic E-state index is 13.4. The minimum atomic E-state index is -0.600. The van der Waals surface area contributed by atoms with Crippen molar-refractivity contribution < 1.29 is 9.21 Å². The third kappa shape index (κ3) is 2.40. The lowest BCUT2D eigenvalue weighted by Crippen LogP contribution is -2.29. The quantitative estimate of drug-likeness (QED) is 0.518. The van der Waals surface area contributed by atoms with Crippen molar-refractivity contribution in [2.45, 2.75) is 19.9 Å². The van der Waals surface area contributed by atoms with E-state index >= 15 is 0 Å². The van der Waals surface area contributed by atoms with Gasteiger partial charge in [-0.3, -0.25) is 14.5 Å². The molecule has 1 amide bonds. The van der Waals surface area contributed by atoms with E-state index < -0.39 is 6.04 Å². The predicted molar refractivity (Wildman–Crippen MR) is 107 cm³/mol. The fraction of sp³-hybridized carbons (Fsp3) is 0.143. The van der Waals surface area contributed by atoms with E-state index in [0.717, 1.165) is 16.7 Å². The van der Waals surface area contributed by atoms with Crippen LogP contribution >= 0.6 is 11.3 Å². The van der Waals surface area contributed by atoms with Crippen molar-refractivity contribution in [2.75, 3.05) is 4.90 Å². The van der Waals surface area contributed by atoms with Gasteiger partial charge < -0.3 is 4.42 Å². The van der Waals surface area contributed by atoms with Gasteiger partial charge in [0.1, 0.15) is 11.1 Å². The number of fused-ring (bicyclic) bond motifs is 2. The van der Waals surface area contributed by atoms with Gasteiger partial charge in [-0.05, 0) is 31.5 Å². The average Bonchev–Trinajstić information content (AvgIpc) is 3.30. The first-order valence-corrected chi connectivity index (χ1v) is 9.66. The maximum Gasteiger partial charge on any atom is 0.297 e. The van der Waals surface area contributed by atoms with Crippen molar-refractivity contribution >= 4 is 33.3 Å². The molecule has 1 aliphatic rings. The minimum Gasteiger partial charge on any atom is -0.450 e. The molecule has 0 N–H and O–H groups in total. The molecule has 7 heteroatoms. The summed E-state index contributed by atoms with van der Waals surface area (Å²) in [5.41, 5.74) is 5.01. The van der Waals surface area contributed by atoms with Gasteiger partial charge in [0.15, 0.2) is 5.43 Å². The Morgan fingerprint density at radius 1 is 1.04 bits per heavy atom. The molecular weight excluding hydrogens is 374 g/mol. The number of benzene rings is 2. The highest BCUT2D eigenvalue weighted by molar-refractivity contribution is 7.13. The van der Waals surface area contributed by atoms with Gasteiger partial charge in [0.2, 0.25) is 10.9 Å². The normalized spacial score (nSPS) is 16.0. The molecule has 0 saturated carbocycles. The second kappa shape index (κ2) is 6.10. The van der Waals surface area contributed by atoms with E-state index in [1.54, 1.807) is 17.6 Å². The highest BCUT2D eigenvalue weighted by Gasteiger charge is 2.44. The van der Waals surface area contributed by atoms with Gasteiger partial charge in [0.05, 0.1) is 17.0 Å². The van der Waals surface area contributed by atoms with E-state index in [9.17, 15) is 9.59 Å². The fourth-order valence-electron chi connectivity index (χ4n) is 3.62. The summed E-state index contributed by atoms with van der Waals surface area (Å²) in [5.74, 6) is -0.306. The molecule has 2 aromatic carbocycles. The maximum atomic E-state index is 13.4. The molecule has 28 heavy (non-hydrogen) atoms. The zero-order chi connectivity index (χ0) is 19.4. The molecule has 3 heterocycles. The van der Waals surface area contributed by atoms with E-state index in [0.29, 0.717) is 21.7 Å². The molecule has 0 spiro atoms. The highest BCUT2D eigenvalue weighted by Crippen LogP contribution is 2.41. The summed E-state index contributed by atoms with van der Waals surface area (Å²) in [5, 5.41) is 8.84. The van der Waals surface area contributed by atoms with E-state index in [1.165, 1.54) is 16.2 Å². The lowest BCUT2D eigenvalue weighted by Gasteiger charge is -2.22. The van der Waals surface area contributed by atoms with Gasteiger partial charge in [0, 0.05) is 0 Å². The van der Waals surface area contributed by atoms with Crippen LogP contribution in [0.15, 0.2) is 57.2 Å². The summed E-state index contributed by atoms with van der Waals surface area (Å²) in [6.07, 6.45) is 0. The van der Waals surface area contributed by atoms with Gasteiger partial charge >= 0.3 is 0 Å². The average molecular weight is 389 g/mol. The summed E-state index contributed by atoms with van der Waals surface area (Å²) in [7, 11) is 0. The first-order valence-electron chi connectivity index (χ1n) is 8.78. The van der Waals surface area contributed by atoms with E-state index in [1.807, 2.05) is 44.2 Å². The van der Waals surface area contributed by atoms with Crippen molar-refractivity contribution in [3.8, 4) is 0 Å². The van der Waals surface area contributed by atoms with E-state index in [4.69, 9.17) is 4.42 Å². The molecule has 138 valence electrons. The molecule has 0 fully saturated rings. The number of carbonyl (C=O) groups is 1. The first kappa shape index (κ1) is 16.8. The Morgan fingerprint density at radius 3 is 2.50 bits per heavy atom. The smallest absolute Gasteiger partial charge is 0.297 e. The van der Waals surface area contributed by atoms with Crippen LogP contribution in [0.1, 0.15) is 38.9 Å². The largest absolute Gasteiger partial charge is 0.450 e. The highest BCUT2D eigenvalue weighted by atomic mass is 32.1. The second-order valence-corrected chi connectivity index (χ2v) is 7.69. The van der Waals surface area contributed by atoms with Crippen LogP contribution in [0.5, 0.6) is 0 Å². The summed E-state index contributed by atoms with van der Waals surface area (Å²) in [6, 6.07) is 12.6. The van der Waals surface area contributed by atoms with Crippen LogP contribution in [-0.4, -0.2) is 16.1 Å². The Kier molecular flexibility index (Phi) is 3.67. The summed E-state index contributed by atoms with van der Waals surface area (Å²) in [4.78, 5) is 28.2. The number of amides is 1. The standard InChI is InChI=1S/C21H15N3O3S/c1-11-3-6-13(7-4-11)17-16-18(25)14-9-12(2)5-8-15(14)27-19(16)20(26)24(17)21-23-22-10-28-21/h3-10,17H,1-2H3. The summed E-state index contributed by atoms with van der Waals surface area (Å²) in [6.45, 7) is 3.91. The predicted octanol–water partition coefficient (Wildman–Crippen LogP) is 4.01. The van der Waals surface area contributed by atoms with Crippen LogP contribution < -0.4 is 10.3 Å². The number of hydrogen-bond donors (Lipinski definition) is 0. The van der Waals surface area contributed by atoms with Crippen molar-refractivity contribution in [3.63, 3.8) is 0 Å². The number of aromatic nitrogens is 2. The van der Waals surface area contributed by atoms with Crippen molar-refractivity contribution in [2.24, 2.45) is 0 Å². The van der Waals surface area contributed by atoms with Crippen LogP contribution in [0.25, 0.3) is 11.0 Å². The Labute approximate surface area is 164 Å². The molecule has 0 radical (unpaired) electrons. The number of nitrogens with zero attached hydrogens (tertiary/aromatic N) is 3. The molecule has 6 nitrogen and oxygen atoms in total. The molecule has 1 unspecified atom stereocenters. The lowest BCUT2D eigenvalue weighted by molar-refractivity contribution is 0.0970. The lowest BCUT2D eigenvalue weighted by atomic mass is 9.97. The van der Waals surface area contributed by atoms with Gasteiger partial charge in [-0.2, -0.15) is 0 Å². The zero-order valence-electron chi connectivity index (χ0n) is 15.2. The van der Waals surface area contributed by atoms with Crippen molar-refractivity contribution in [3.05, 3.63) is 86.2 Å². The Hall–Kier alpha value is -3.32. The second-order valence-electron chi connectivity index (χ2n) is 6.88. The number of anilines is 1. The third-order valence-electron chi connectivity index (χ3n) is 4.97. The SMILES string of the molecule is Cc1ccc(C2c3c(oc4ccc(C)cc4c3=O)C(=O)N2c2nncs2)cc1. The fourth-order valence-corrected chi connectivity index (χ4v) is 4.21. The Balaban J connectivity index is 1.83. The van der Waals surface area contributed by atoms with Crippen LogP contribution in [0.3, 0.4) is 0 Å². The van der Waals surface area contributed by atoms with Crippen molar-refractivity contribution in [1.29, 1.82) is 0 Å². The number of hydrogen-bond acceptors (Lipinski definition) is 6. The van der Waals surface area contributed by atoms with Crippen LogP contribution in [-0.2, 0) is 0 Å². The Morgan fingerprint density at radius 2 is 1.79 bits per heavy atom. The topological polar surface area (TPSA) is 76.3 Å². The third-order valence-corrected chi connectivity index (χ3v) is 5.66. The molecule has 5 rings (SSSR count). The molecule has 4 aromatic rings. The summed E-state index contributed by atoms with van der Waals surface area (Å²) >= 11 is 1.25. The number of carbonyl (C=O) groups excluding carboxylic acids is 1. The van der Waals surface area contributed by atoms with E-state index in [-0.39, 0.29) is 17.1 Å². The summed E-state index contributed by atoms with van der Waals surface area (Å²) < 4.78 is 5.92. The monoisotopic (exact) mass is 389 g/mol. The Bertz CT molecular complexity index is 1280. The zero-order valence-corrected chi connectivity index (χ0v) is 16.0. The molecule has 0 aliphatic carbocycles.